The number of aliphatic hydroxyl groups excluding tert-OH is 1. The Hall–Kier alpha value is -5.79. The number of carbonyl (C=O) groups excluding carboxylic acids is 9. The van der Waals surface area contributed by atoms with Crippen LogP contribution in [0.15, 0.2) is 48.5 Å². The molecule has 0 saturated carbocycles. The van der Waals surface area contributed by atoms with Crippen LogP contribution in [0.1, 0.15) is 64.0 Å². The summed E-state index contributed by atoms with van der Waals surface area (Å²) in [5, 5.41) is 24.0. The highest BCUT2D eigenvalue weighted by Gasteiger charge is 2.38. The summed E-state index contributed by atoms with van der Waals surface area (Å²) in [6, 6.07) is 4.51. The van der Waals surface area contributed by atoms with Gasteiger partial charge in [0.2, 0.25) is 53.2 Å². The SMILES string of the molecule is CCCC[C@@H]1NC(=O)[C@H](C)N(C(=O)CC)CCC(=O)NC[C@@H](C(=O)NCC(N)=O)NC(=O)[C@H](Cc2ccc(Cl)cc2)N(C)C(=O)[C@H](CO)NC(=O)[C@H](Cc2ccc(Cl)cc2)N(C)C1=O. The Kier molecular flexibility index (Phi) is 20.9. The molecule has 8 N–H and O–H groups in total. The zero-order valence-electron chi connectivity index (χ0n) is 36.7. The number of carbonyl (C=O) groups is 9. The summed E-state index contributed by atoms with van der Waals surface area (Å²) in [5.41, 5.74) is 6.33. The first-order chi connectivity index (χ1) is 30.3. The highest BCUT2D eigenvalue weighted by atomic mass is 35.5. The molecule has 1 aliphatic heterocycles. The van der Waals surface area contributed by atoms with E-state index in [1.165, 1.54) is 25.9 Å². The lowest BCUT2D eigenvalue weighted by atomic mass is 10.0. The van der Waals surface area contributed by atoms with Crippen LogP contribution < -0.4 is 32.3 Å². The van der Waals surface area contributed by atoms with Gasteiger partial charge in [-0.05, 0) is 48.7 Å². The average Bonchev–Trinajstić information content (AvgIpc) is 3.27. The maximum absolute atomic E-state index is 14.4. The molecule has 1 fully saturated rings. The normalized spacial score (nSPS) is 22.6. The molecule has 19 nitrogen and oxygen atoms in total. The van der Waals surface area contributed by atoms with Crippen LogP contribution >= 0.6 is 23.2 Å². The second-order valence-electron chi connectivity index (χ2n) is 15.5. The molecule has 6 atom stereocenters. The van der Waals surface area contributed by atoms with Crippen molar-refractivity contribution in [2.75, 3.05) is 40.3 Å². The van der Waals surface area contributed by atoms with Crippen molar-refractivity contribution in [2.24, 2.45) is 5.73 Å². The lowest BCUT2D eigenvalue weighted by Crippen LogP contribution is -2.62. The van der Waals surface area contributed by atoms with E-state index in [9.17, 15) is 48.3 Å². The minimum atomic E-state index is -1.67. The second kappa shape index (κ2) is 25.5. The van der Waals surface area contributed by atoms with Gasteiger partial charge in [-0.1, -0.05) is 74.2 Å². The standard InChI is InChI=1S/C43H59Cl2N9O10/c1-6-8-9-30-42(63)52(4)34(21-27-12-16-29(45)17-13-27)41(62)51-32(24-55)43(64)53(5)33(20-26-10-14-28(44)15-11-26)40(61)50-31(39(60)48-23-35(46)56)22-47-36(57)18-19-54(37(58)7-2)25(3)38(59)49-30/h10-17,25,30-34,55H,6-9,18-24H2,1-5H3,(H2,46,56)(H,47,57)(H,48,60)(H,49,59)(H,50,61)(H,51,62)/t25-,30-,31-,32-,33-,34-/m0/s1. The van der Waals surface area contributed by atoms with E-state index in [1.54, 1.807) is 55.5 Å². The number of hydrogen-bond acceptors (Lipinski definition) is 10. The number of aliphatic hydroxyl groups is 1. The summed E-state index contributed by atoms with van der Waals surface area (Å²) in [6.45, 7) is 2.57. The van der Waals surface area contributed by atoms with E-state index in [1.807, 2.05) is 6.92 Å². The average molecular weight is 933 g/mol. The van der Waals surface area contributed by atoms with E-state index < -0.39 is 109 Å². The lowest BCUT2D eigenvalue weighted by molar-refractivity contribution is -0.146. The molecule has 64 heavy (non-hydrogen) atoms. The number of unbranched alkanes of at least 4 members (excludes halogenated alkanes) is 1. The fraction of sp³-hybridized carbons (Fsp3) is 0.512. The fourth-order valence-electron chi connectivity index (χ4n) is 6.89. The van der Waals surface area contributed by atoms with Crippen LogP contribution in [0.4, 0.5) is 0 Å². The summed E-state index contributed by atoms with van der Waals surface area (Å²) in [6.07, 6.45) is 0.643. The van der Waals surface area contributed by atoms with Crippen LogP contribution in [-0.4, -0.2) is 150 Å². The zero-order valence-corrected chi connectivity index (χ0v) is 38.2. The quantitative estimate of drug-likeness (QED) is 0.148. The third kappa shape index (κ3) is 15.5. The molecule has 1 heterocycles. The molecule has 2 aromatic rings. The Morgan fingerprint density at radius 3 is 1.77 bits per heavy atom. The van der Waals surface area contributed by atoms with Gasteiger partial charge in [-0.25, -0.2) is 0 Å². The molecule has 21 heteroatoms. The van der Waals surface area contributed by atoms with E-state index in [0.717, 1.165) is 9.80 Å². The maximum atomic E-state index is 14.4. The Morgan fingerprint density at radius 2 is 1.28 bits per heavy atom. The second-order valence-corrected chi connectivity index (χ2v) is 16.3. The van der Waals surface area contributed by atoms with Gasteiger partial charge in [-0.2, -0.15) is 0 Å². The van der Waals surface area contributed by atoms with Crippen LogP contribution in [-0.2, 0) is 56.0 Å². The number of amides is 9. The van der Waals surface area contributed by atoms with Crippen LogP contribution in [0.3, 0.4) is 0 Å². The third-order valence-corrected chi connectivity index (χ3v) is 11.3. The third-order valence-electron chi connectivity index (χ3n) is 10.8. The molecule has 0 spiro atoms. The Morgan fingerprint density at radius 1 is 0.781 bits per heavy atom. The van der Waals surface area contributed by atoms with Crippen LogP contribution in [0, 0.1) is 0 Å². The summed E-state index contributed by atoms with van der Waals surface area (Å²) < 4.78 is 0. The van der Waals surface area contributed by atoms with Gasteiger partial charge in [0.25, 0.3) is 0 Å². The molecule has 9 amide bonds. The van der Waals surface area contributed by atoms with E-state index in [4.69, 9.17) is 28.9 Å². The number of nitrogens with two attached hydrogens (primary N) is 1. The lowest BCUT2D eigenvalue weighted by Gasteiger charge is -2.35. The van der Waals surface area contributed by atoms with Crippen molar-refractivity contribution in [3.05, 3.63) is 69.7 Å². The van der Waals surface area contributed by atoms with Crippen LogP contribution in [0.2, 0.25) is 10.0 Å². The van der Waals surface area contributed by atoms with Crippen molar-refractivity contribution in [1.82, 2.24) is 41.3 Å². The maximum Gasteiger partial charge on any atom is 0.247 e. The number of primary amides is 1. The molecule has 0 aromatic heterocycles. The largest absolute Gasteiger partial charge is 0.394 e. The van der Waals surface area contributed by atoms with E-state index in [0.29, 0.717) is 34.0 Å². The fourth-order valence-corrected chi connectivity index (χ4v) is 7.14. The molecular formula is C43H59Cl2N9O10. The minimum absolute atomic E-state index is 0.0290. The van der Waals surface area contributed by atoms with Crippen LogP contribution in [0.5, 0.6) is 0 Å². The first kappa shape index (κ1) is 52.6. The van der Waals surface area contributed by atoms with Crippen molar-refractivity contribution in [1.29, 1.82) is 0 Å². The number of nitrogens with one attached hydrogen (secondary N) is 5. The molecular weight excluding hydrogens is 873 g/mol. The summed E-state index contributed by atoms with van der Waals surface area (Å²) in [4.78, 5) is 126. The van der Waals surface area contributed by atoms with Crippen molar-refractivity contribution >= 4 is 76.4 Å². The number of halogens is 2. The molecule has 3 rings (SSSR count). The van der Waals surface area contributed by atoms with Crippen molar-refractivity contribution < 1.29 is 48.3 Å². The Bertz CT molecular complexity index is 1990. The van der Waals surface area contributed by atoms with Crippen LogP contribution in [0.25, 0.3) is 0 Å². The van der Waals surface area contributed by atoms with E-state index in [-0.39, 0.29) is 38.6 Å². The zero-order chi connectivity index (χ0) is 47.7. The summed E-state index contributed by atoms with van der Waals surface area (Å²) >= 11 is 12.2. The molecule has 0 unspecified atom stereocenters. The van der Waals surface area contributed by atoms with Crippen molar-refractivity contribution in [3.63, 3.8) is 0 Å². The summed E-state index contributed by atoms with van der Waals surface area (Å²) in [7, 11) is 2.62. The van der Waals surface area contributed by atoms with Gasteiger partial charge >= 0.3 is 0 Å². The number of likely N-dealkylation sites (N-methyl/N-ethyl adjacent to an activating group) is 2. The van der Waals surface area contributed by atoms with Gasteiger partial charge in [0, 0.05) is 62.9 Å². The van der Waals surface area contributed by atoms with E-state index in [2.05, 4.69) is 26.6 Å². The molecule has 0 radical (unpaired) electrons. The highest BCUT2D eigenvalue weighted by molar-refractivity contribution is 6.30. The smallest absolute Gasteiger partial charge is 0.247 e. The highest BCUT2D eigenvalue weighted by Crippen LogP contribution is 2.18. The number of hydrogen-bond donors (Lipinski definition) is 7. The first-order valence-corrected chi connectivity index (χ1v) is 21.7. The van der Waals surface area contributed by atoms with Crippen molar-refractivity contribution in [3.8, 4) is 0 Å². The predicted molar refractivity (Wildman–Crippen MR) is 237 cm³/mol. The molecule has 0 bridgehead atoms. The first-order valence-electron chi connectivity index (χ1n) is 21.0. The number of rotatable bonds is 12. The van der Waals surface area contributed by atoms with Gasteiger partial charge in [0.05, 0.1) is 13.2 Å². The van der Waals surface area contributed by atoms with Gasteiger partial charge in [-0.3, -0.25) is 43.2 Å². The van der Waals surface area contributed by atoms with Crippen molar-refractivity contribution in [2.45, 2.75) is 102 Å². The summed E-state index contributed by atoms with van der Waals surface area (Å²) in [5.74, 6) is -7.03. The predicted octanol–water partition coefficient (Wildman–Crippen LogP) is -0.182. The van der Waals surface area contributed by atoms with Gasteiger partial charge < -0.3 is 52.1 Å². The topological polar surface area (TPSA) is 270 Å². The monoisotopic (exact) mass is 931 g/mol. The number of benzene rings is 2. The van der Waals surface area contributed by atoms with Gasteiger partial charge in [0.15, 0.2) is 0 Å². The molecule has 1 saturated heterocycles. The van der Waals surface area contributed by atoms with Gasteiger partial charge in [0.1, 0.15) is 36.3 Å². The minimum Gasteiger partial charge on any atom is -0.394 e. The Labute approximate surface area is 382 Å². The molecule has 0 aliphatic carbocycles. The number of nitrogens with zero attached hydrogens (tertiary/aromatic N) is 3. The molecule has 2 aromatic carbocycles. The molecule has 350 valence electrons. The molecule has 1 aliphatic rings. The van der Waals surface area contributed by atoms with E-state index >= 15 is 0 Å². The van der Waals surface area contributed by atoms with Gasteiger partial charge in [-0.15, -0.1) is 0 Å². The Balaban J connectivity index is 2.19.